The number of fused-ring (bicyclic) bond motifs is 3. The molecule has 3 saturated heterocycles. The lowest BCUT2D eigenvalue weighted by Crippen LogP contribution is -2.48. The van der Waals surface area contributed by atoms with Crippen molar-refractivity contribution >= 4 is 145 Å². The monoisotopic (exact) mass is 1940 g/mol. The second kappa shape index (κ2) is 40.7. The fourth-order valence-corrected chi connectivity index (χ4v) is 18.9. The number of halogens is 9. The Kier molecular flexibility index (Phi) is 30.7. The highest BCUT2D eigenvalue weighted by molar-refractivity contribution is 7.52. The summed E-state index contributed by atoms with van der Waals surface area (Å²) in [5.74, 6) is -1.31. The number of aromatic nitrogens is 12. The van der Waals surface area contributed by atoms with Crippen LogP contribution < -0.4 is 62.0 Å². The minimum Gasteiger partial charge on any atom is -0.465 e. The predicted octanol–water partition coefficient (Wildman–Crippen LogP) is 9.69. The largest absolute Gasteiger partial charge is 0.465 e. The Hall–Kier alpha value is -9.42. The molecular formula is C75H93Cl3F6N21O21P3. The molecule has 129 heavy (non-hydrogen) atoms. The van der Waals surface area contributed by atoms with E-state index in [1.54, 1.807) is 75.4 Å². The van der Waals surface area contributed by atoms with Crippen LogP contribution in [0.2, 0.25) is 0 Å². The number of carbonyl (C=O) groups is 3. The van der Waals surface area contributed by atoms with Crippen LogP contribution in [-0.2, 0) is 70.1 Å². The molecule has 3 unspecified atom stereocenters. The fourth-order valence-electron chi connectivity index (χ4n) is 13.5. The molecule has 9 heterocycles. The Morgan fingerprint density at radius 1 is 0.442 bits per heavy atom. The van der Waals surface area contributed by atoms with Gasteiger partial charge in [0.15, 0.2) is 84.3 Å². The second-order valence-electron chi connectivity index (χ2n) is 30.2. The number of aliphatic hydroxyl groups excluding tert-OH is 3. The number of nitrogens with zero attached hydrogens (tertiary/aromatic N) is 12. The van der Waals surface area contributed by atoms with Crippen molar-refractivity contribution in [3.05, 3.63) is 110 Å². The molecule has 3 aromatic carbocycles. The number of hydrogen-bond donors (Lipinski definition) is 12. The van der Waals surface area contributed by atoms with Crippen LogP contribution in [0, 0.1) is 0 Å². The number of alkyl halides is 9. The van der Waals surface area contributed by atoms with Gasteiger partial charge in [-0.1, -0.05) is 54.6 Å². The number of imidazole rings is 3. The van der Waals surface area contributed by atoms with Gasteiger partial charge in [0.25, 0.3) is 19.3 Å². The topological polar surface area (TPSA) is 555 Å². The first-order chi connectivity index (χ1) is 61.3. The highest BCUT2D eigenvalue weighted by Crippen LogP contribution is 2.56. The summed E-state index contributed by atoms with van der Waals surface area (Å²) in [7, 11) is -13.2. The smallest absolute Gasteiger partial charge is 0.459 e. The van der Waals surface area contributed by atoms with E-state index in [1.807, 2.05) is 0 Å². The van der Waals surface area contributed by atoms with Crippen molar-refractivity contribution in [1.29, 1.82) is 0 Å². The molecule has 702 valence electrons. The minimum absolute atomic E-state index is 0.0445. The van der Waals surface area contributed by atoms with Gasteiger partial charge in [0.05, 0.1) is 58.6 Å². The van der Waals surface area contributed by atoms with Gasteiger partial charge in [-0.2, -0.15) is 45.2 Å². The van der Waals surface area contributed by atoms with Crippen molar-refractivity contribution in [2.24, 2.45) is 0 Å². The van der Waals surface area contributed by atoms with Crippen LogP contribution in [0.3, 0.4) is 0 Å². The number of hydrogen-bond acceptors (Lipinski definition) is 36. The van der Waals surface area contributed by atoms with E-state index in [0.717, 1.165) is 52.2 Å². The molecule has 6 aromatic heterocycles. The molecule has 15 N–H and O–H groups in total. The van der Waals surface area contributed by atoms with Gasteiger partial charge in [0, 0.05) is 18.1 Å². The third kappa shape index (κ3) is 22.2. The van der Waals surface area contributed by atoms with Crippen molar-refractivity contribution in [2.75, 3.05) is 72.8 Å². The third-order valence-electron chi connectivity index (χ3n) is 20.4. The first-order valence-electron chi connectivity index (χ1n) is 40.4. The first-order valence-corrected chi connectivity index (χ1v) is 46.1. The first kappa shape index (κ1) is 97.1. The van der Waals surface area contributed by atoms with Crippen LogP contribution in [0.25, 0.3) is 33.5 Å². The maximum Gasteiger partial charge on any atom is 0.459 e. The standard InChI is InChI=1S/3C25H31ClF2N7O7P/c3*1-3-39-21(37)13(2)34-43(38,42-15-7-5-4-6-8-15)40-11-16-18(36)25(26,22(27)28)23(41-16)35-12-30-17-19(31-14-9-10-14)32-24(29)33-20(17)35/h3*4-8,12-14,16,18,22-23,36H,3,9-11H2,1-2H3,(H,34,38)(H3,29,31,32,33)/t13?,16-,18-,23-,25+,43+;13?,16-,18-,23-,25+,43-;13-,16+,18+,23+,25-,43?/m110/s1. The Labute approximate surface area is 745 Å². The average molecular weight is 1940 g/mol. The van der Waals surface area contributed by atoms with Gasteiger partial charge in [-0.05, 0) is 116 Å². The van der Waals surface area contributed by atoms with E-state index in [4.69, 9.17) is 108 Å². The molecular weight excluding hydrogens is 1840 g/mol. The van der Waals surface area contributed by atoms with Crippen molar-refractivity contribution in [2.45, 2.75) is 206 Å². The van der Waals surface area contributed by atoms with E-state index in [0.29, 0.717) is 17.5 Å². The van der Waals surface area contributed by atoms with Gasteiger partial charge in [0.2, 0.25) is 17.8 Å². The van der Waals surface area contributed by atoms with E-state index in [2.05, 4.69) is 76.1 Å². The zero-order valence-electron chi connectivity index (χ0n) is 69.3. The van der Waals surface area contributed by atoms with Crippen LogP contribution >= 0.6 is 58.0 Å². The Morgan fingerprint density at radius 2 is 0.682 bits per heavy atom. The van der Waals surface area contributed by atoms with E-state index >= 15 is 0 Å². The van der Waals surface area contributed by atoms with Gasteiger partial charge in [-0.15, -0.1) is 34.8 Å². The Morgan fingerprint density at radius 3 is 0.899 bits per heavy atom. The summed E-state index contributed by atoms with van der Waals surface area (Å²) in [4.78, 5) is 66.3. The van der Waals surface area contributed by atoms with E-state index in [1.165, 1.54) is 76.2 Å². The van der Waals surface area contributed by atoms with E-state index in [9.17, 15) is 69.7 Å². The third-order valence-corrected chi connectivity index (χ3v) is 27.1. The molecule has 6 aliphatic rings. The number of nitrogens with one attached hydrogen (secondary N) is 6. The Bertz CT molecular complexity index is 5030. The summed E-state index contributed by atoms with van der Waals surface area (Å²) in [6.07, 6.45) is -16.7. The van der Waals surface area contributed by atoms with Gasteiger partial charge in [0.1, 0.15) is 72.0 Å². The molecule has 0 spiro atoms. The van der Waals surface area contributed by atoms with Crippen LogP contribution in [0.4, 0.5) is 61.6 Å². The van der Waals surface area contributed by atoms with Crippen LogP contribution in [-0.4, -0.2) is 238 Å². The summed E-state index contributed by atoms with van der Waals surface area (Å²) in [6, 6.07) is 20.8. The van der Waals surface area contributed by atoms with E-state index in [-0.39, 0.29) is 107 Å². The molecule has 3 saturated carbocycles. The maximum atomic E-state index is 14.6. The average Bonchev–Trinajstić information content (AvgIpc) is 1.59. The minimum atomic E-state index is -4.40. The molecule has 54 heteroatoms. The lowest BCUT2D eigenvalue weighted by molar-refractivity contribution is -0.145. The normalized spacial score (nSPS) is 25.9. The highest BCUT2D eigenvalue weighted by atomic mass is 35.5. The number of benzene rings is 3. The quantitative estimate of drug-likeness (QED) is 0.00560. The van der Waals surface area contributed by atoms with Crippen molar-refractivity contribution in [1.82, 2.24) is 73.8 Å². The number of nitrogen functional groups attached to an aromatic ring is 3. The predicted molar refractivity (Wildman–Crippen MR) is 452 cm³/mol. The lowest BCUT2D eigenvalue weighted by atomic mass is 9.99. The van der Waals surface area contributed by atoms with Gasteiger partial charge in [-0.3, -0.25) is 41.7 Å². The molecule has 3 aliphatic heterocycles. The number of nitrogens with two attached hydrogens (primary N) is 3. The molecule has 15 rings (SSSR count). The fraction of sp³-hybridized carbons (Fsp3) is 0.520. The molecule has 9 aromatic rings. The molecule has 0 bridgehead atoms. The zero-order chi connectivity index (χ0) is 92.8. The SMILES string of the molecule is CCOC(=O)C(C)N[P@@](=O)(OC[C@H]1O[C@@H](n2cnc3c(NC4CC4)nc(N)nc32)[C@@](Cl)(C(F)F)[C@@H]1O)Oc1ccccc1.CCOC(=O)C(C)N[P@](=O)(OC[C@H]1O[C@@H](n2cnc3c(NC4CC4)nc(N)nc32)[C@@](Cl)(C(F)F)[C@@H]1O)Oc1ccccc1.CCOC(=O)[C@H](C)NP(=O)(OC[C@H]1O[C@@H](n2cnc3c(NC4CC4)nc(N)nc32)[C@@](Cl)(C(F)F)[C@@H]1O)Oc1ccccc1. The van der Waals surface area contributed by atoms with Crippen LogP contribution in [0.1, 0.15) is 98.8 Å². The number of aliphatic hydroxyl groups is 3. The van der Waals surface area contributed by atoms with Gasteiger partial charge >= 0.3 is 41.1 Å². The van der Waals surface area contributed by atoms with Crippen LogP contribution in [0.15, 0.2) is 110 Å². The number of ether oxygens (including phenoxy) is 6. The summed E-state index contributed by atoms with van der Waals surface area (Å²) in [5, 5.41) is 50.0. The molecule has 18 atom stereocenters. The van der Waals surface area contributed by atoms with Gasteiger partial charge in [-0.25, -0.2) is 55.0 Å². The number of anilines is 6. The van der Waals surface area contributed by atoms with E-state index < -0.39 is 168 Å². The lowest BCUT2D eigenvalue weighted by Gasteiger charge is -2.29. The van der Waals surface area contributed by atoms with Crippen molar-refractivity contribution < 1.29 is 125 Å². The Balaban J connectivity index is 0.000000165. The summed E-state index contributed by atoms with van der Waals surface area (Å²) in [6.45, 7) is 6.96. The summed E-state index contributed by atoms with van der Waals surface area (Å²) >= 11 is 19.3. The number of carbonyl (C=O) groups excluding carboxylic acids is 3. The second-order valence-corrected chi connectivity index (χ2v) is 37.3. The number of rotatable bonds is 39. The zero-order valence-corrected chi connectivity index (χ0v) is 74.3. The molecule has 6 fully saturated rings. The number of para-hydroxylation sites is 3. The molecule has 3 aliphatic carbocycles. The van der Waals surface area contributed by atoms with Crippen LogP contribution in [0.5, 0.6) is 17.2 Å². The van der Waals surface area contributed by atoms with Crippen molar-refractivity contribution in [3.8, 4) is 17.2 Å². The maximum absolute atomic E-state index is 14.6. The molecule has 0 amide bonds. The summed E-state index contributed by atoms with van der Waals surface area (Å²) < 4.78 is 198. The molecule has 0 radical (unpaired) electrons. The summed E-state index contributed by atoms with van der Waals surface area (Å²) in [5.41, 5.74) is 18.5. The van der Waals surface area contributed by atoms with Crippen molar-refractivity contribution in [3.63, 3.8) is 0 Å². The highest BCUT2D eigenvalue weighted by Gasteiger charge is 2.66. The number of esters is 3. The van der Waals surface area contributed by atoms with Gasteiger partial charge < -0.3 is 90.5 Å². The molecule has 42 nitrogen and oxygen atoms in total.